The quantitative estimate of drug-likeness (QED) is 0.647. The summed E-state index contributed by atoms with van der Waals surface area (Å²) >= 11 is 2.02. The molecule has 1 aromatic heterocycles. The standard InChI is InChI=1S/C21H25NO2S/c23-17-8-13-6-7-16-20(15(13)10-18(17)24)21-14(11-22-16)9-19(25-21)12-4-2-1-3-5-12/h8-10,12,16,20,22-24H,1-7,11H2/t16-,20-/m1/s1. The summed E-state index contributed by atoms with van der Waals surface area (Å²) in [7, 11) is 0. The van der Waals surface area contributed by atoms with Crippen molar-refractivity contribution >= 4 is 11.3 Å². The minimum absolute atomic E-state index is 0.00951. The molecule has 0 spiro atoms. The Bertz CT molecular complexity index is 806. The molecule has 2 heterocycles. The topological polar surface area (TPSA) is 52.5 Å². The molecular weight excluding hydrogens is 330 g/mol. The lowest BCUT2D eigenvalue weighted by Gasteiger charge is -2.38. The van der Waals surface area contributed by atoms with Crippen LogP contribution in [0.5, 0.6) is 11.5 Å². The third-order valence-electron chi connectivity index (χ3n) is 6.40. The number of aromatic hydroxyl groups is 2. The molecular formula is C21H25NO2S. The highest BCUT2D eigenvalue weighted by Crippen LogP contribution is 2.48. The number of thiophene rings is 1. The molecule has 4 heteroatoms. The Balaban J connectivity index is 1.57. The zero-order valence-electron chi connectivity index (χ0n) is 14.4. The van der Waals surface area contributed by atoms with Crippen LogP contribution in [0.1, 0.15) is 76.8 Å². The molecule has 1 aromatic carbocycles. The molecule has 0 amide bonds. The van der Waals surface area contributed by atoms with Gasteiger partial charge >= 0.3 is 0 Å². The summed E-state index contributed by atoms with van der Waals surface area (Å²) < 4.78 is 0. The fourth-order valence-electron chi connectivity index (χ4n) is 5.08. The van der Waals surface area contributed by atoms with Crippen molar-refractivity contribution in [3.63, 3.8) is 0 Å². The normalized spacial score (nSPS) is 25.9. The van der Waals surface area contributed by atoms with E-state index < -0.39 is 0 Å². The van der Waals surface area contributed by atoms with Crippen LogP contribution in [0, 0.1) is 0 Å². The van der Waals surface area contributed by atoms with Crippen molar-refractivity contribution in [2.75, 3.05) is 0 Å². The molecule has 0 bridgehead atoms. The summed E-state index contributed by atoms with van der Waals surface area (Å²) in [5, 5.41) is 23.7. The van der Waals surface area contributed by atoms with Gasteiger partial charge in [-0.25, -0.2) is 0 Å². The van der Waals surface area contributed by atoms with E-state index in [9.17, 15) is 10.2 Å². The number of fused-ring (bicyclic) bond motifs is 5. The van der Waals surface area contributed by atoms with Gasteiger partial charge in [-0.2, -0.15) is 0 Å². The molecule has 3 aliphatic rings. The highest BCUT2D eigenvalue weighted by molar-refractivity contribution is 7.12. The monoisotopic (exact) mass is 355 g/mol. The maximum absolute atomic E-state index is 10.1. The Morgan fingerprint density at radius 1 is 0.920 bits per heavy atom. The van der Waals surface area contributed by atoms with E-state index in [0.717, 1.165) is 25.3 Å². The Hall–Kier alpha value is -1.52. The van der Waals surface area contributed by atoms with Crippen LogP contribution >= 0.6 is 11.3 Å². The van der Waals surface area contributed by atoms with E-state index in [1.807, 2.05) is 11.3 Å². The van der Waals surface area contributed by atoms with Crippen LogP contribution in [0.3, 0.4) is 0 Å². The van der Waals surface area contributed by atoms with E-state index in [1.165, 1.54) is 53.7 Å². The van der Waals surface area contributed by atoms with Crippen molar-refractivity contribution in [1.82, 2.24) is 5.32 Å². The predicted octanol–water partition coefficient (Wildman–Crippen LogP) is 4.76. The number of benzene rings is 1. The summed E-state index contributed by atoms with van der Waals surface area (Å²) in [6.07, 6.45) is 8.87. The maximum Gasteiger partial charge on any atom is 0.157 e. The molecule has 132 valence electrons. The second-order valence-electron chi connectivity index (χ2n) is 7.92. The van der Waals surface area contributed by atoms with Crippen LogP contribution in [0.4, 0.5) is 0 Å². The van der Waals surface area contributed by atoms with Gasteiger partial charge in [0, 0.05) is 28.3 Å². The molecule has 1 fully saturated rings. The summed E-state index contributed by atoms with van der Waals surface area (Å²) in [6, 6.07) is 6.47. The van der Waals surface area contributed by atoms with E-state index in [0.29, 0.717) is 12.0 Å². The first-order chi connectivity index (χ1) is 12.2. The van der Waals surface area contributed by atoms with Crippen molar-refractivity contribution in [2.24, 2.45) is 0 Å². The molecule has 0 radical (unpaired) electrons. The van der Waals surface area contributed by atoms with Crippen molar-refractivity contribution in [2.45, 2.75) is 69.4 Å². The van der Waals surface area contributed by atoms with Gasteiger partial charge < -0.3 is 15.5 Å². The third-order valence-corrected chi connectivity index (χ3v) is 7.83. The van der Waals surface area contributed by atoms with E-state index in [2.05, 4.69) is 11.4 Å². The number of phenols is 2. The Morgan fingerprint density at radius 2 is 1.72 bits per heavy atom. The Kier molecular flexibility index (Phi) is 3.79. The number of aryl methyl sites for hydroxylation is 1. The molecule has 1 saturated carbocycles. The van der Waals surface area contributed by atoms with Crippen LogP contribution in [-0.2, 0) is 13.0 Å². The lowest BCUT2D eigenvalue weighted by Crippen LogP contribution is -2.41. The zero-order chi connectivity index (χ0) is 17.0. The summed E-state index contributed by atoms with van der Waals surface area (Å²) in [5.74, 6) is 1.09. The number of phenolic OH excluding ortho intramolecular Hbond substituents is 2. The first-order valence-corrected chi connectivity index (χ1v) is 10.4. The Labute approximate surface area is 152 Å². The zero-order valence-corrected chi connectivity index (χ0v) is 15.2. The summed E-state index contributed by atoms with van der Waals surface area (Å²) in [4.78, 5) is 3.07. The van der Waals surface area contributed by atoms with Gasteiger partial charge in [0.15, 0.2) is 11.5 Å². The van der Waals surface area contributed by atoms with Crippen LogP contribution in [-0.4, -0.2) is 16.3 Å². The summed E-state index contributed by atoms with van der Waals surface area (Å²) in [5.41, 5.74) is 3.85. The lowest BCUT2D eigenvalue weighted by atomic mass is 9.75. The average Bonchev–Trinajstić information content (AvgIpc) is 3.07. The van der Waals surface area contributed by atoms with Crippen molar-refractivity contribution in [3.8, 4) is 11.5 Å². The summed E-state index contributed by atoms with van der Waals surface area (Å²) in [6.45, 7) is 0.971. The first kappa shape index (κ1) is 15.7. The van der Waals surface area contributed by atoms with Gasteiger partial charge in [0.25, 0.3) is 0 Å². The second kappa shape index (κ2) is 6.03. The fraction of sp³-hybridized carbons (Fsp3) is 0.524. The van der Waals surface area contributed by atoms with Crippen LogP contribution < -0.4 is 5.32 Å². The van der Waals surface area contributed by atoms with Crippen LogP contribution in [0.25, 0.3) is 0 Å². The van der Waals surface area contributed by atoms with Gasteiger partial charge in [-0.1, -0.05) is 19.3 Å². The van der Waals surface area contributed by atoms with Gasteiger partial charge in [-0.15, -0.1) is 11.3 Å². The number of rotatable bonds is 1. The minimum Gasteiger partial charge on any atom is -0.504 e. The Morgan fingerprint density at radius 3 is 2.56 bits per heavy atom. The largest absolute Gasteiger partial charge is 0.504 e. The van der Waals surface area contributed by atoms with E-state index >= 15 is 0 Å². The number of hydrogen-bond donors (Lipinski definition) is 3. The van der Waals surface area contributed by atoms with E-state index in [4.69, 9.17) is 0 Å². The van der Waals surface area contributed by atoms with Crippen LogP contribution in [0.15, 0.2) is 18.2 Å². The highest BCUT2D eigenvalue weighted by atomic mass is 32.1. The van der Waals surface area contributed by atoms with Crippen molar-refractivity contribution < 1.29 is 10.2 Å². The molecule has 5 rings (SSSR count). The predicted molar refractivity (Wildman–Crippen MR) is 101 cm³/mol. The average molecular weight is 356 g/mol. The first-order valence-electron chi connectivity index (χ1n) is 9.61. The molecule has 2 aromatic rings. The number of hydrogen-bond acceptors (Lipinski definition) is 4. The van der Waals surface area contributed by atoms with E-state index in [1.54, 1.807) is 17.0 Å². The molecule has 3 N–H and O–H groups in total. The van der Waals surface area contributed by atoms with Gasteiger partial charge in [0.2, 0.25) is 0 Å². The lowest BCUT2D eigenvalue weighted by molar-refractivity contribution is 0.383. The molecule has 1 aliphatic heterocycles. The molecule has 0 unspecified atom stereocenters. The molecule has 0 saturated heterocycles. The van der Waals surface area contributed by atoms with Crippen molar-refractivity contribution in [1.29, 1.82) is 0 Å². The van der Waals surface area contributed by atoms with Gasteiger partial charge in [0.1, 0.15) is 0 Å². The maximum atomic E-state index is 10.1. The second-order valence-corrected chi connectivity index (χ2v) is 9.03. The smallest absolute Gasteiger partial charge is 0.157 e. The number of nitrogens with one attached hydrogen (secondary N) is 1. The van der Waals surface area contributed by atoms with Gasteiger partial charge in [0.05, 0.1) is 0 Å². The SMILES string of the molecule is Oc1cc2c(cc1O)[C@H]1c3sc(C4CCCCC4)cc3CN[C@@H]1CC2. The molecule has 3 nitrogen and oxygen atoms in total. The van der Waals surface area contributed by atoms with Crippen LogP contribution in [0.2, 0.25) is 0 Å². The van der Waals surface area contributed by atoms with Crippen molar-refractivity contribution in [3.05, 3.63) is 44.6 Å². The third kappa shape index (κ3) is 2.58. The van der Waals surface area contributed by atoms with Gasteiger partial charge in [-0.05, 0) is 66.5 Å². The molecule has 25 heavy (non-hydrogen) atoms. The van der Waals surface area contributed by atoms with E-state index in [-0.39, 0.29) is 11.5 Å². The molecule has 2 atom stereocenters. The highest BCUT2D eigenvalue weighted by Gasteiger charge is 2.37. The minimum atomic E-state index is 0.00951. The van der Waals surface area contributed by atoms with Gasteiger partial charge in [-0.3, -0.25) is 0 Å². The molecule has 2 aliphatic carbocycles. The fourth-order valence-corrected chi connectivity index (χ4v) is 6.61.